The number of piperazine rings is 1. The molecule has 0 aromatic heterocycles. The van der Waals surface area contributed by atoms with Crippen molar-refractivity contribution in [1.29, 1.82) is 0 Å². The number of aryl methyl sites for hydroxylation is 1. The molecule has 0 aliphatic carbocycles. The highest BCUT2D eigenvalue weighted by Crippen LogP contribution is 2.29. The average Bonchev–Trinajstić information content (AvgIpc) is 2.80. The lowest BCUT2D eigenvalue weighted by Crippen LogP contribution is -2.51. The maximum absolute atomic E-state index is 13.5. The molecule has 2 aliphatic rings. The monoisotopic (exact) mass is 452 g/mol. The standard InChI is InChI=1S/C25H29FN4O3/c1-3-33-24(31)22-21(27-25(32)28-23(22)18-6-8-19(26)9-7-18)16-29-12-14-30(15-13-29)20-10-4-17(2)5-11-20/h4-11,23H,3,12-16H2,1-2H3,(H2,27,28,32). The van der Waals surface area contributed by atoms with E-state index in [9.17, 15) is 14.0 Å². The number of hydrogen-bond donors (Lipinski definition) is 2. The predicted octanol–water partition coefficient (Wildman–Crippen LogP) is 3.13. The molecule has 2 aliphatic heterocycles. The Bertz CT molecular complexity index is 1030. The zero-order chi connectivity index (χ0) is 23.4. The topological polar surface area (TPSA) is 73.9 Å². The molecule has 33 heavy (non-hydrogen) atoms. The first kappa shape index (κ1) is 22.8. The molecule has 174 valence electrons. The number of carbonyl (C=O) groups excluding carboxylic acids is 2. The third-order valence-corrected chi connectivity index (χ3v) is 6.01. The fourth-order valence-corrected chi connectivity index (χ4v) is 4.24. The van der Waals surface area contributed by atoms with Gasteiger partial charge in [0.15, 0.2) is 0 Å². The van der Waals surface area contributed by atoms with E-state index in [1.807, 2.05) is 0 Å². The summed E-state index contributed by atoms with van der Waals surface area (Å²) in [6.07, 6.45) is 0. The maximum Gasteiger partial charge on any atom is 0.338 e. The lowest BCUT2D eigenvalue weighted by atomic mass is 9.95. The normalized spacial score (nSPS) is 19.2. The lowest BCUT2D eigenvalue weighted by molar-refractivity contribution is -0.139. The van der Waals surface area contributed by atoms with E-state index in [4.69, 9.17) is 4.74 Å². The summed E-state index contributed by atoms with van der Waals surface area (Å²) in [7, 11) is 0. The second kappa shape index (κ2) is 10.0. The van der Waals surface area contributed by atoms with Gasteiger partial charge >= 0.3 is 12.0 Å². The summed E-state index contributed by atoms with van der Waals surface area (Å²) in [5.41, 5.74) is 3.92. The van der Waals surface area contributed by atoms with Gasteiger partial charge < -0.3 is 20.3 Å². The van der Waals surface area contributed by atoms with Crippen molar-refractivity contribution >= 4 is 17.7 Å². The maximum atomic E-state index is 13.5. The minimum absolute atomic E-state index is 0.217. The summed E-state index contributed by atoms with van der Waals surface area (Å²) in [6, 6.07) is 13.2. The van der Waals surface area contributed by atoms with Gasteiger partial charge in [-0.15, -0.1) is 0 Å². The van der Waals surface area contributed by atoms with Crippen molar-refractivity contribution in [3.05, 3.63) is 76.7 Å². The minimum atomic E-state index is -0.706. The molecule has 2 aromatic rings. The zero-order valence-electron chi connectivity index (χ0n) is 18.9. The van der Waals surface area contributed by atoms with Crippen LogP contribution < -0.4 is 15.5 Å². The van der Waals surface area contributed by atoms with Crippen LogP contribution in [0.2, 0.25) is 0 Å². The quantitative estimate of drug-likeness (QED) is 0.659. The Hall–Kier alpha value is -3.39. The summed E-state index contributed by atoms with van der Waals surface area (Å²) in [4.78, 5) is 29.9. The molecule has 0 radical (unpaired) electrons. The van der Waals surface area contributed by atoms with Crippen molar-refractivity contribution in [2.45, 2.75) is 19.9 Å². The number of benzene rings is 2. The Balaban J connectivity index is 1.54. The fraction of sp³-hybridized carbons (Fsp3) is 0.360. The Kier molecular flexibility index (Phi) is 6.93. The largest absolute Gasteiger partial charge is 0.463 e. The molecule has 2 amide bonds. The van der Waals surface area contributed by atoms with E-state index in [2.05, 4.69) is 51.6 Å². The van der Waals surface area contributed by atoms with Gasteiger partial charge in [-0.3, -0.25) is 4.90 Å². The van der Waals surface area contributed by atoms with Gasteiger partial charge in [-0.25, -0.2) is 14.0 Å². The molecule has 1 saturated heterocycles. The van der Waals surface area contributed by atoms with Crippen molar-refractivity contribution in [3.63, 3.8) is 0 Å². The van der Waals surface area contributed by atoms with Gasteiger partial charge in [-0.05, 0) is 43.7 Å². The smallest absolute Gasteiger partial charge is 0.338 e. The van der Waals surface area contributed by atoms with Gasteiger partial charge in [0, 0.05) is 44.1 Å². The van der Waals surface area contributed by atoms with E-state index in [0.717, 1.165) is 26.2 Å². The number of rotatable bonds is 6. The Morgan fingerprint density at radius 1 is 1.06 bits per heavy atom. The molecule has 2 N–H and O–H groups in total. The summed E-state index contributed by atoms with van der Waals surface area (Å²) >= 11 is 0. The number of halogens is 1. The van der Waals surface area contributed by atoms with Crippen LogP contribution in [0.4, 0.5) is 14.9 Å². The average molecular weight is 453 g/mol. The van der Waals surface area contributed by atoms with Gasteiger partial charge in [0.2, 0.25) is 0 Å². The number of ether oxygens (including phenoxy) is 1. The van der Waals surface area contributed by atoms with E-state index in [1.54, 1.807) is 19.1 Å². The minimum Gasteiger partial charge on any atom is -0.463 e. The fourth-order valence-electron chi connectivity index (χ4n) is 4.24. The van der Waals surface area contributed by atoms with Gasteiger partial charge in [0.25, 0.3) is 0 Å². The molecular formula is C25H29FN4O3. The van der Waals surface area contributed by atoms with E-state index in [0.29, 0.717) is 23.4 Å². The van der Waals surface area contributed by atoms with Crippen LogP contribution in [0.1, 0.15) is 24.1 Å². The van der Waals surface area contributed by atoms with Gasteiger partial charge in [0.1, 0.15) is 5.82 Å². The van der Waals surface area contributed by atoms with Crippen molar-refractivity contribution < 1.29 is 18.7 Å². The van der Waals surface area contributed by atoms with Crippen LogP contribution in [0, 0.1) is 12.7 Å². The second-order valence-corrected chi connectivity index (χ2v) is 8.29. The Morgan fingerprint density at radius 2 is 1.73 bits per heavy atom. The first-order chi connectivity index (χ1) is 15.9. The van der Waals surface area contributed by atoms with Crippen LogP contribution in [0.25, 0.3) is 0 Å². The number of anilines is 1. The van der Waals surface area contributed by atoms with Crippen LogP contribution in [-0.4, -0.2) is 56.2 Å². The van der Waals surface area contributed by atoms with Crippen LogP contribution in [0.15, 0.2) is 59.8 Å². The number of carbonyl (C=O) groups is 2. The first-order valence-electron chi connectivity index (χ1n) is 11.2. The number of nitrogens with one attached hydrogen (secondary N) is 2. The third-order valence-electron chi connectivity index (χ3n) is 6.01. The van der Waals surface area contributed by atoms with E-state index in [1.165, 1.54) is 23.4 Å². The predicted molar refractivity (Wildman–Crippen MR) is 124 cm³/mol. The molecule has 8 heteroatoms. The molecule has 2 heterocycles. The van der Waals surface area contributed by atoms with Crippen LogP contribution in [0.5, 0.6) is 0 Å². The Labute approximate surface area is 193 Å². The van der Waals surface area contributed by atoms with E-state index in [-0.39, 0.29) is 12.4 Å². The molecule has 0 bridgehead atoms. The van der Waals surface area contributed by atoms with E-state index >= 15 is 0 Å². The molecular weight excluding hydrogens is 423 g/mol. The number of hydrogen-bond acceptors (Lipinski definition) is 5. The summed E-state index contributed by atoms with van der Waals surface area (Å²) < 4.78 is 18.8. The zero-order valence-corrected chi connectivity index (χ0v) is 18.9. The highest BCUT2D eigenvalue weighted by atomic mass is 19.1. The molecule has 2 aromatic carbocycles. The third kappa shape index (κ3) is 5.34. The highest BCUT2D eigenvalue weighted by Gasteiger charge is 2.34. The molecule has 7 nitrogen and oxygen atoms in total. The van der Waals surface area contributed by atoms with Gasteiger partial charge in [0.05, 0.1) is 18.2 Å². The van der Waals surface area contributed by atoms with Crippen LogP contribution in [0.3, 0.4) is 0 Å². The first-order valence-corrected chi connectivity index (χ1v) is 11.2. The molecule has 1 unspecified atom stereocenters. The number of urea groups is 1. The highest BCUT2D eigenvalue weighted by molar-refractivity contribution is 5.95. The summed E-state index contributed by atoms with van der Waals surface area (Å²) in [5.74, 6) is -0.875. The van der Waals surface area contributed by atoms with Gasteiger partial charge in [-0.2, -0.15) is 0 Å². The number of nitrogens with zero attached hydrogens (tertiary/aromatic N) is 2. The van der Waals surface area contributed by atoms with Crippen molar-refractivity contribution in [1.82, 2.24) is 15.5 Å². The summed E-state index contributed by atoms with van der Waals surface area (Å²) in [5, 5.41) is 5.60. The molecule has 1 fully saturated rings. The van der Waals surface area contributed by atoms with Crippen LogP contribution in [-0.2, 0) is 9.53 Å². The number of amides is 2. The SMILES string of the molecule is CCOC(=O)C1=C(CN2CCN(c3ccc(C)cc3)CC2)NC(=O)NC1c1ccc(F)cc1. The van der Waals surface area contributed by atoms with Crippen molar-refractivity contribution in [3.8, 4) is 0 Å². The molecule has 0 saturated carbocycles. The summed E-state index contributed by atoms with van der Waals surface area (Å²) in [6.45, 7) is 7.72. The second-order valence-electron chi connectivity index (χ2n) is 8.29. The van der Waals surface area contributed by atoms with Crippen LogP contribution >= 0.6 is 0 Å². The lowest BCUT2D eigenvalue weighted by Gasteiger charge is -2.38. The van der Waals surface area contributed by atoms with Crippen molar-refractivity contribution in [2.24, 2.45) is 0 Å². The molecule has 0 spiro atoms. The molecule has 1 atom stereocenters. The van der Waals surface area contributed by atoms with Gasteiger partial charge in [-0.1, -0.05) is 29.8 Å². The molecule has 4 rings (SSSR count). The van der Waals surface area contributed by atoms with Crippen molar-refractivity contribution in [2.75, 3.05) is 44.2 Å². The van der Waals surface area contributed by atoms with E-state index < -0.39 is 18.0 Å². The number of esters is 1. The Morgan fingerprint density at radius 3 is 2.36 bits per heavy atom.